The van der Waals surface area contributed by atoms with Crippen molar-refractivity contribution in [3.63, 3.8) is 0 Å². The molecule has 1 saturated heterocycles. The largest absolute Gasteiger partial charge is 0.369 e. The molecule has 5 nitrogen and oxygen atoms in total. The highest BCUT2D eigenvalue weighted by Gasteiger charge is 2.17. The van der Waals surface area contributed by atoms with Gasteiger partial charge in [-0.2, -0.15) is 0 Å². The Hall–Kier alpha value is -1.17. The number of hydrogen-bond acceptors (Lipinski definition) is 5. The number of pyridine rings is 1. The molecule has 0 spiro atoms. The first-order valence-electron chi connectivity index (χ1n) is 7.96. The van der Waals surface area contributed by atoms with Crippen LogP contribution in [-0.4, -0.2) is 74.7 Å². The highest BCUT2D eigenvalue weighted by molar-refractivity contribution is 5.47. The quantitative estimate of drug-likeness (QED) is 0.806. The number of nitrogens with one attached hydrogen (secondary N) is 1. The molecule has 1 N–H and O–H groups in total. The topological polar surface area (TPSA) is 34.6 Å². The minimum Gasteiger partial charge on any atom is -0.369 e. The van der Waals surface area contributed by atoms with Crippen molar-refractivity contribution in [2.75, 3.05) is 64.8 Å². The summed E-state index contributed by atoms with van der Waals surface area (Å²) in [6.07, 6.45) is 1.93. The van der Waals surface area contributed by atoms with Crippen LogP contribution in [0.3, 0.4) is 0 Å². The van der Waals surface area contributed by atoms with Crippen LogP contribution in [0, 0.1) is 0 Å². The summed E-state index contributed by atoms with van der Waals surface area (Å²) in [6, 6.07) is 4.35. The van der Waals surface area contributed by atoms with Gasteiger partial charge in [-0.05, 0) is 32.8 Å². The maximum Gasteiger partial charge on any atom is 0.0562 e. The standard InChI is InChI=1S/C16H29N5/c1-4-17-14-15-13-16(5-6-18-15)21-11-9-20(10-12-21)8-7-19(2)3/h5-6,13,17H,4,7-12,14H2,1-3H3. The van der Waals surface area contributed by atoms with Gasteiger partial charge in [0.05, 0.1) is 5.69 Å². The zero-order valence-corrected chi connectivity index (χ0v) is 13.7. The van der Waals surface area contributed by atoms with E-state index in [-0.39, 0.29) is 0 Å². The molecule has 1 aliphatic heterocycles. The molecule has 2 rings (SSSR count). The fraction of sp³-hybridized carbons (Fsp3) is 0.688. The lowest BCUT2D eigenvalue weighted by Gasteiger charge is -2.36. The lowest BCUT2D eigenvalue weighted by molar-refractivity contribution is 0.229. The molecule has 21 heavy (non-hydrogen) atoms. The van der Waals surface area contributed by atoms with Gasteiger partial charge in [0.2, 0.25) is 0 Å². The summed E-state index contributed by atoms with van der Waals surface area (Å²) in [5.41, 5.74) is 2.44. The second-order valence-corrected chi connectivity index (χ2v) is 5.92. The van der Waals surface area contributed by atoms with E-state index < -0.39 is 0 Å². The van der Waals surface area contributed by atoms with Crippen molar-refractivity contribution in [3.8, 4) is 0 Å². The molecule has 0 aliphatic carbocycles. The van der Waals surface area contributed by atoms with Crippen LogP contribution in [0.5, 0.6) is 0 Å². The van der Waals surface area contributed by atoms with E-state index in [1.807, 2.05) is 6.20 Å². The molecule has 0 aromatic carbocycles. The molecule has 1 aromatic heterocycles. The van der Waals surface area contributed by atoms with E-state index in [2.05, 4.69) is 58.2 Å². The summed E-state index contributed by atoms with van der Waals surface area (Å²) in [7, 11) is 4.28. The van der Waals surface area contributed by atoms with Gasteiger partial charge in [0.15, 0.2) is 0 Å². The fourth-order valence-corrected chi connectivity index (χ4v) is 2.58. The summed E-state index contributed by atoms with van der Waals surface area (Å²) in [4.78, 5) is 11.7. The smallest absolute Gasteiger partial charge is 0.0562 e. The summed E-state index contributed by atoms with van der Waals surface area (Å²) in [5, 5.41) is 3.34. The average molecular weight is 291 g/mol. The Labute approximate surface area is 128 Å². The average Bonchev–Trinajstić information content (AvgIpc) is 2.51. The molecule has 0 atom stereocenters. The van der Waals surface area contributed by atoms with Gasteiger partial charge in [-0.15, -0.1) is 0 Å². The van der Waals surface area contributed by atoms with Crippen LogP contribution >= 0.6 is 0 Å². The monoisotopic (exact) mass is 291 g/mol. The van der Waals surface area contributed by atoms with Crippen molar-refractivity contribution in [3.05, 3.63) is 24.0 Å². The van der Waals surface area contributed by atoms with Crippen molar-refractivity contribution in [2.45, 2.75) is 13.5 Å². The number of hydrogen-bond donors (Lipinski definition) is 1. The maximum atomic E-state index is 4.43. The predicted molar refractivity (Wildman–Crippen MR) is 88.8 cm³/mol. The molecule has 118 valence electrons. The first-order valence-corrected chi connectivity index (χ1v) is 7.96. The van der Waals surface area contributed by atoms with Gasteiger partial charge in [0.25, 0.3) is 0 Å². The Kier molecular flexibility index (Phi) is 6.42. The van der Waals surface area contributed by atoms with E-state index in [9.17, 15) is 0 Å². The Morgan fingerprint density at radius 2 is 2.00 bits per heavy atom. The lowest BCUT2D eigenvalue weighted by atomic mass is 10.2. The normalized spacial score (nSPS) is 16.7. The van der Waals surface area contributed by atoms with Crippen LogP contribution in [0.1, 0.15) is 12.6 Å². The molecule has 1 aliphatic rings. The Morgan fingerprint density at radius 3 is 2.67 bits per heavy atom. The van der Waals surface area contributed by atoms with Crippen LogP contribution in [0.15, 0.2) is 18.3 Å². The summed E-state index contributed by atoms with van der Waals surface area (Å²) in [5.74, 6) is 0. The predicted octanol–water partition coefficient (Wildman–Crippen LogP) is 0.875. The van der Waals surface area contributed by atoms with Crippen LogP contribution in [0.25, 0.3) is 0 Å². The SMILES string of the molecule is CCNCc1cc(N2CCN(CCN(C)C)CC2)ccn1. The van der Waals surface area contributed by atoms with Crippen LogP contribution in [-0.2, 0) is 6.54 Å². The van der Waals surface area contributed by atoms with Gasteiger partial charge in [0, 0.05) is 57.7 Å². The van der Waals surface area contributed by atoms with Crippen molar-refractivity contribution >= 4 is 5.69 Å². The first-order chi connectivity index (χ1) is 10.2. The number of rotatable bonds is 7. The van der Waals surface area contributed by atoms with E-state index in [1.165, 1.54) is 12.2 Å². The molecule has 5 heteroatoms. The first kappa shape index (κ1) is 16.2. The number of aromatic nitrogens is 1. The molecule has 2 heterocycles. The summed E-state index contributed by atoms with van der Waals surface area (Å²) < 4.78 is 0. The Balaban J connectivity index is 1.84. The number of anilines is 1. The minimum absolute atomic E-state index is 0.854. The fourth-order valence-electron chi connectivity index (χ4n) is 2.58. The summed E-state index contributed by atoms with van der Waals surface area (Å²) in [6.45, 7) is 10.8. The van der Waals surface area contributed by atoms with Crippen molar-refractivity contribution in [1.29, 1.82) is 0 Å². The second-order valence-electron chi connectivity index (χ2n) is 5.92. The van der Waals surface area contributed by atoms with Crippen molar-refractivity contribution in [2.24, 2.45) is 0 Å². The molecule has 1 fully saturated rings. The molecule has 0 radical (unpaired) electrons. The van der Waals surface area contributed by atoms with Gasteiger partial charge in [-0.3, -0.25) is 9.88 Å². The second kappa shape index (κ2) is 8.32. The number of likely N-dealkylation sites (N-methyl/N-ethyl adjacent to an activating group) is 1. The third-order valence-electron chi connectivity index (χ3n) is 3.96. The molecule has 0 bridgehead atoms. The van der Waals surface area contributed by atoms with Gasteiger partial charge in [-0.25, -0.2) is 0 Å². The van der Waals surface area contributed by atoms with Crippen LogP contribution in [0.4, 0.5) is 5.69 Å². The van der Waals surface area contributed by atoms with Crippen molar-refractivity contribution in [1.82, 2.24) is 20.1 Å². The maximum absolute atomic E-state index is 4.43. The van der Waals surface area contributed by atoms with E-state index >= 15 is 0 Å². The molecular weight excluding hydrogens is 262 g/mol. The van der Waals surface area contributed by atoms with Crippen LogP contribution in [0.2, 0.25) is 0 Å². The Bertz CT molecular complexity index is 413. The minimum atomic E-state index is 0.854. The van der Waals surface area contributed by atoms with E-state index in [0.717, 1.165) is 51.5 Å². The third-order valence-corrected chi connectivity index (χ3v) is 3.96. The van der Waals surface area contributed by atoms with E-state index in [1.54, 1.807) is 0 Å². The van der Waals surface area contributed by atoms with Crippen molar-refractivity contribution < 1.29 is 0 Å². The number of nitrogens with zero attached hydrogens (tertiary/aromatic N) is 4. The highest BCUT2D eigenvalue weighted by atomic mass is 15.3. The molecule has 0 unspecified atom stereocenters. The lowest BCUT2D eigenvalue weighted by Crippen LogP contribution is -2.48. The molecule has 0 amide bonds. The van der Waals surface area contributed by atoms with Gasteiger partial charge < -0.3 is 15.1 Å². The van der Waals surface area contributed by atoms with E-state index in [0.29, 0.717) is 0 Å². The van der Waals surface area contributed by atoms with Crippen LogP contribution < -0.4 is 10.2 Å². The molecular formula is C16H29N5. The zero-order valence-electron chi connectivity index (χ0n) is 13.7. The zero-order chi connectivity index (χ0) is 15.1. The van der Waals surface area contributed by atoms with Gasteiger partial charge >= 0.3 is 0 Å². The van der Waals surface area contributed by atoms with Gasteiger partial charge in [0.1, 0.15) is 0 Å². The van der Waals surface area contributed by atoms with E-state index in [4.69, 9.17) is 0 Å². The van der Waals surface area contributed by atoms with Gasteiger partial charge in [-0.1, -0.05) is 6.92 Å². The molecule has 0 saturated carbocycles. The molecule has 1 aromatic rings. The summed E-state index contributed by atoms with van der Waals surface area (Å²) >= 11 is 0. The number of piperazine rings is 1. The Morgan fingerprint density at radius 1 is 1.24 bits per heavy atom. The highest BCUT2D eigenvalue weighted by Crippen LogP contribution is 2.16. The third kappa shape index (κ3) is 5.26.